The number of fused-ring (bicyclic) bond motifs is 1. The van der Waals surface area contributed by atoms with Crippen LogP contribution in [0.4, 0.5) is 0 Å². The highest BCUT2D eigenvalue weighted by Crippen LogP contribution is 2.28. The fraction of sp³-hybridized carbons (Fsp3) is 0.385. The Balaban J connectivity index is 1.39. The van der Waals surface area contributed by atoms with E-state index in [1.165, 1.54) is 0 Å². The number of aromatic nitrogens is 1. The van der Waals surface area contributed by atoms with E-state index >= 15 is 0 Å². The van der Waals surface area contributed by atoms with Crippen LogP contribution in [0.3, 0.4) is 0 Å². The zero-order valence-electron chi connectivity index (χ0n) is 19.3. The van der Waals surface area contributed by atoms with Crippen LogP contribution in [0.5, 0.6) is 17.2 Å². The number of carbonyl (C=O) groups is 1. The summed E-state index contributed by atoms with van der Waals surface area (Å²) in [6.45, 7) is 4.80. The van der Waals surface area contributed by atoms with Crippen molar-refractivity contribution in [1.82, 2.24) is 9.88 Å². The molecular weight excluding hydrogens is 420 g/mol. The van der Waals surface area contributed by atoms with E-state index < -0.39 is 12.2 Å². The molecule has 2 aromatic carbocycles. The molecule has 174 valence electrons. The van der Waals surface area contributed by atoms with E-state index in [1.54, 1.807) is 18.1 Å². The number of carbonyl (C=O) groups excluding carboxylic acids is 1. The van der Waals surface area contributed by atoms with Crippen LogP contribution in [0.1, 0.15) is 24.1 Å². The maximum absolute atomic E-state index is 12.9. The number of nitrogens with zero attached hydrogens (tertiary/aromatic N) is 2. The summed E-state index contributed by atoms with van der Waals surface area (Å²) in [5.74, 6) is 1.87. The number of aliphatic hydroxyl groups is 1. The predicted octanol–water partition coefficient (Wildman–Crippen LogP) is 3.67. The monoisotopic (exact) mass is 450 g/mol. The lowest BCUT2D eigenvalue weighted by Crippen LogP contribution is -2.36. The minimum atomic E-state index is -0.662. The number of benzene rings is 2. The summed E-state index contributed by atoms with van der Waals surface area (Å²) in [6.07, 6.45) is -0.0902. The number of likely N-dealkylation sites (tertiary alicyclic amines) is 1. The molecule has 3 aromatic rings. The SMILES string of the molecule is COc1cccc(O[C@H]2CCN(C(=O)COc3cc(C)nc4c(C)cccc34)CC[C@@H]2O)c1. The van der Waals surface area contributed by atoms with Crippen molar-refractivity contribution >= 4 is 16.8 Å². The first-order valence-electron chi connectivity index (χ1n) is 11.2. The molecule has 1 aromatic heterocycles. The molecule has 1 N–H and O–H groups in total. The molecule has 0 radical (unpaired) electrons. The quantitative estimate of drug-likeness (QED) is 0.617. The summed E-state index contributed by atoms with van der Waals surface area (Å²) in [7, 11) is 1.60. The number of aryl methyl sites for hydroxylation is 2. The van der Waals surface area contributed by atoms with Gasteiger partial charge in [-0.3, -0.25) is 9.78 Å². The largest absolute Gasteiger partial charge is 0.497 e. The Hall–Kier alpha value is -3.32. The molecule has 1 fully saturated rings. The number of hydrogen-bond donors (Lipinski definition) is 1. The Morgan fingerprint density at radius 3 is 2.67 bits per heavy atom. The van der Waals surface area contributed by atoms with E-state index in [0.29, 0.717) is 43.2 Å². The summed E-state index contributed by atoms with van der Waals surface area (Å²) < 4.78 is 17.2. The Morgan fingerprint density at radius 1 is 1.09 bits per heavy atom. The lowest BCUT2D eigenvalue weighted by atomic mass is 10.1. The van der Waals surface area contributed by atoms with Gasteiger partial charge < -0.3 is 24.2 Å². The van der Waals surface area contributed by atoms with Gasteiger partial charge in [-0.2, -0.15) is 0 Å². The first-order chi connectivity index (χ1) is 15.9. The zero-order chi connectivity index (χ0) is 23.4. The van der Waals surface area contributed by atoms with Gasteiger partial charge in [0.15, 0.2) is 6.61 Å². The van der Waals surface area contributed by atoms with Crippen LogP contribution in [0.25, 0.3) is 10.9 Å². The second-order valence-corrected chi connectivity index (χ2v) is 8.38. The van der Waals surface area contributed by atoms with Crippen molar-refractivity contribution in [2.45, 2.75) is 38.9 Å². The second-order valence-electron chi connectivity index (χ2n) is 8.38. The van der Waals surface area contributed by atoms with E-state index in [0.717, 1.165) is 22.2 Å². The topological polar surface area (TPSA) is 81.1 Å². The van der Waals surface area contributed by atoms with E-state index in [4.69, 9.17) is 14.2 Å². The molecule has 4 rings (SSSR count). The predicted molar refractivity (Wildman–Crippen MR) is 126 cm³/mol. The van der Waals surface area contributed by atoms with Gasteiger partial charge in [0.05, 0.1) is 18.7 Å². The highest BCUT2D eigenvalue weighted by Gasteiger charge is 2.28. The molecule has 0 unspecified atom stereocenters. The van der Waals surface area contributed by atoms with Crippen LogP contribution in [-0.4, -0.2) is 59.9 Å². The molecule has 7 nitrogen and oxygen atoms in total. The Labute approximate surface area is 193 Å². The molecule has 0 aliphatic carbocycles. The molecule has 0 spiro atoms. The fourth-order valence-electron chi connectivity index (χ4n) is 4.13. The maximum atomic E-state index is 12.9. The minimum absolute atomic E-state index is 0.0655. The van der Waals surface area contributed by atoms with Gasteiger partial charge >= 0.3 is 0 Å². The molecule has 1 saturated heterocycles. The summed E-state index contributed by atoms with van der Waals surface area (Å²) in [6, 6.07) is 15.1. The van der Waals surface area contributed by atoms with Gasteiger partial charge in [-0.15, -0.1) is 0 Å². The smallest absolute Gasteiger partial charge is 0.260 e. The van der Waals surface area contributed by atoms with Crippen LogP contribution < -0.4 is 14.2 Å². The average Bonchev–Trinajstić information content (AvgIpc) is 2.99. The minimum Gasteiger partial charge on any atom is -0.497 e. The standard InChI is InChI=1S/C26H30N2O5/c1-17-6-4-9-21-24(14-18(2)27-26(17)21)32-16-25(30)28-12-10-22(29)23(11-13-28)33-20-8-5-7-19(15-20)31-3/h4-9,14-15,22-23,29H,10-13,16H2,1-3H3/t22-,23-/m0/s1. The van der Waals surface area contributed by atoms with Crippen molar-refractivity contribution in [3.8, 4) is 17.2 Å². The summed E-state index contributed by atoms with van der Waals surface area (Å²) in [4.78, 5) is 19.3. The van der Waals surface area contributed by atoms with Gasteiger partial charge in [-0.05, 0) is 44.0 Å². The fourth-order valence-corrected chi connectivity index (χ4v) is 4.13. The molecular formula is C26H30N2O5. The Morgan fingerprint density at radius 2 is 1.85 bits per heavy atom. The third kappa shape index (κ3) is 5.37. The number of ether oxygens (including phenoxy) is 3. The second kappa shape index (κ2) is 10.1. The molecule has 2 atom stereocenters. The highest BCUT2D eigenvalue weighted by molar-refractivity contribution is 5.88. The molecule has 1 amide bonds. The summed E-state index contributed by atoms with van der Waals surface area (Å²) in [5.41, 5.74) is 2.79. The molecule has 2 heterocycles. The van der Waals surface area contributed by atoms with E-state index in [9.17, 15) is 9.90 Å². The van der Waals surface area contributed by atoms with E-state index in [-0.39, 0.29) is 12.5 Å². The Kier molecular flexibility index (Phi) is 6.99. The van der Waals surface area contributed by atoms with Gasteiger partial charge in [0.1, 0.15) is 23.4 Å². The van der Waals surface area contributed by atoms with Gasteiger partial charge in [-0.25, -0.2) is 0 Å². The van der Waals surface area contributed by atoms with Crippen LogP contribution in [0.15, 0.2) is 48.5 Å². The third-order valence-electron chi connectivity index (χ3n) is 5.97. The van der Waals surface area contributed by atoms with Crippen LogP contribution in [-0.2, 0) is 4.79 Å². The Bertz CT molecular complexity index is 1130. The third-order valence-corrected chi connectivity index (χ3v) is 5.97. The summed E-state index contributed by atoms with van der Waals surface area (Å²) >= 11 is 0. The van der Waals surface area contributed by atoms with Crippen LogP contribution in [0, 0.1) is 13.8 Å². The van der Waals surface area contributed by atoms with Gasteiger partial charge in [0.25, 0.3) is 5.91 Å². The number of aliphatic hydroxyl groups excluding tert-OH is 1. The number of para-hydroxylation sites is 1. The highest BCUT2D eigenvalue weighted by atomic mass is 16.5. The van der Waals surface area contributed by atoms with Crippen molar-refractivity contribution in [2.24, 2.45) is 0 Å². The molecule has 1 aliphatic heterocycles. The molecule has 0 bridgehead atoms. The first kappa shape index (κ1) is 22.9. The molecule has 1 aliphatic rings. The maximum Gasteiger partial charge on any atom is 0.260 e. The van der Waals surface area contributed by atoms with Gasteiger partial charge in [-0.1, -0.05) is 18.2 Å². The van der Waals surface area contributed by atoms with Crippen molar-refractivity contribution in [3.63, 3.8) is 0 Å². The van der Waals surface area contributed by atoms with Crippen molar-refractivity contribution < 1.29 is 24.1 Å². The van der Waals surface area contributed by atoms with Gasteiger partial charge in [0.2, 0.25) is 0 Å². The number of rotatable bonds is 6. The normalized spacial score (nSPS) is 18.6. The zero-order valence-corrected chi connectivity index (χ0v) is 19.3. The van der Waals surface area contributed by atoms with Crippen molar-refractivity contribution in [3.05, 3.63) is 59.8 Å². The van der Waals surface area contributed by atoms with Crippen molar-refractivity contribution in [2.75, 3.05) is 26.8 Å². The summed E-state index contributed by atoms with van der Waals surface area (Å²) in [5, 5.41) is 11.5. The van der Waals surface area contributed by atoms with Gasteiger partial charge in [0, 0.05) is 42.7 Å². The molecule has 33 heavy (non-hydrogen) atoms. The van der Waals surface area contributed by atoms with Crippen LogP contribution in [0.2, 0.25) is 0 Å². The molecule has 7 heteroatoms. The number of pyridine rings is 1. The number of methoxy groups -OCH3 is 1. The number of amides is 1. The lowest BCUT2D eigenvalue weighted by Gasteiger charge is -2.22. The number of hydrogen-bond acceptors (Lipinski definition) is 6. The molecule has 0 saturated carbocycles. The average molecular weight is 451 g/mol. The van der Waals surface area contributed by atoms with Crippen LogP contribution >= 0.6 is 0 Å². The van der Waals surface area contributed by atoms with Crippen molar-refractivity contribution in [1.29, 1.82) is 0 Å². The van der Waals surface area contributed by atoms with E-state index in [2.05, 4.69) is 4.98 Å². The first-order valence-corrected chi connectivity index (χ1v) is 11.2. The lowest BCUT2D eigenvalue weighted by molar-refractivity contribution is -0.133. The van der Waals surface area contributed by atoms with E-state index in [1.807, 2.05) is 56.3 Å².